The highest BCUT2D eigenvalue weighted by atomic mass is 35.5. The van der Waals surface area contributed by atoms with E-state index in [1.54, 1.807) is 6.07 Å². The van der Waals surface area contributed by atoms with E-state index >= 15 is 0 Å². The van der Waals surface area contributed by atoms with Crippen LogP contribution in [0.1, 0.15) is 26.7 Å². The lowest BCUT2D eigenvalue weighted by atomic mass is 9.96. The lowest BCUT2D eigenvalue weighted by molar-refractivity contribution is 0.114. The Kier molecular flexibility index (Phi) is 5.51. The van der Waals surface area contributed by atoms with E-state index in [1.165, 1.54) is 6.20 Å². The number of anilines is 2. The molecule has 0 aliphatic carbocycles. The molecule has 0 saturated carbocycles. The van der Waals surface area contributed by atoms with Crippen molar-refractivity contribution in [3.8, 4) is 0 Å². The molecule has 1 rings (SSSR count). The maximum absolute atomic E-state index is 9.96. The number of nitrogens with zero attached hydrogens (tertiary/aromatic N) is 1. The SMILES string of the molecule is CCC(CC)C(O)CNc1ncc(Cl)cc1N. The second-order valence-corrected chi connectivity index (χ2v) is 4.55. The summed E-state index contributed by atoms with van der Waals surface area (Å²) in [5.74, 6) is 0.871. The van der Waals surface area contributed by atoms with Gasteiger partial charge in [-0.3, -0.25) is 0 Å². The molecule has 96 valence electrons. The van der Waals surface area contributed by atoms with Gasteiger partial charge in [-0.15, -0.1) is 0 Å². The molecular formula is C12H20ClN3O. The molecule has 17 heavy (non-hydrogen) atoms. The maximum atomic E-state index is 9.96. The van der Waals surface area contributed by atoms with Crippen molar-refractivity contribution in [1.82, 2.24) is 4.98 Å². The van der Waals surface area contributed by atoms with Crippen LogP contribution in [0.4, 0.5) is 11.5 Å². The van der Waals surface area contributed by atoms with Crippen LogP contribution >= 0.6 is 11.6 Å². The van der Waals surface area contributed by atoms with Crippen LogP contribution in [-0.2, 0) is 0 Å². The van der Waals surface area contributed by atoms with Crippen LogP contribution in [0.15, 0.2) is 12.3 Å². The van der Waals surface area contributed by atoms with Crippen molar-refractivity contribution in [2.75, 3.05) is 17.6 Å². The second kappa shape index (κ2) is 6.67. The van der Waals surface area contributed by atoms with Crippen LogP contribution in [0.25, 0.3) is 0 Å². The largest absolute Gasteiger partial charge is 0.396 e. The molecule has 4 nitrogen and oxygen atoms in total. The molecule has 0 spiro atoms. The smallest absolute Gasteiger partial charge is 0.149 e. The standard InChI is InChI=1S/C12H20ClN3O/c1-3-8(4-2)11(17)7-16-12-10(14)5-9(13)6-15-12/h5-6,8,11,17H,3-4,7,14H2,1-2H3,(H,15,16). The van der Waals surface area contributed by atoms with Crippen LogP contribution < -0.4 is 11.1 Å². The quantitative estimate of drug-likeness (QED) is 0.732. The number of nitrogens with one attached hydrogen (secondary N) is 1. The molecule has 4 N–H and O–H groups in total. The van der Waals surface area contributed by atoms with Gasteiger partial charge in [0.15, 0.2) is 0 Å². The third-order valence-electron chi connectivity index (χ3n) is 2.96. The monoisotopic (exact) mass is 257 g/mol. The third kappa shape index (κ3) is 4.06. The Hall–Kier alpha value is -1.00. The highest BCUT2D eigenvalue weighted by Crippen LogP contribution is 2.20. The Labute approximate surface area is 107 Å². The Morgan fingerprint density at radius 1 is 1.47 bits per heavy atom. The van der Waals surface area contributed by atoms with E-state index in [2.05, 4.69) is 24.1 Å². The van der Waals surface area contributed by atoms with Gasteiger partial charge >= 0.3 is 0 Å². The fourth-order valence-corrected chi connectivity index (χ4v) is 1.97. The molecule has 0 bridgehead atoms. The molecule has 0 amide bonds. The van der Waals surface area contributed by atoms with Gasteiger partial charge in [0.25, 0.3) is 0 Å². The molecule has 0 aliphatic rings. The molecule has 0 fully saturated rings. The lowest BCUT2D eigenvalue weighted by Crippen LogP contribution is -2.28. The third-order valence-corrected chi connectivity index (χ3v) is 3.16. The number of hydrogen-bond donors (Lipinski definition) is 3. The van der Waals surface area contributed by atoms with Crippen molar-refractivity contribution in [3.05, 3.63) is 17.3 Å². The van der Waals surface area contributed by atoms with Gasteiger partial charge in [0.1, 0.15) is 5.82 Å². The average molecular weight is 258 g/mol. The lowest BCUT2D eigenvalue weighted by Gasteiger charge is -2.20. The molecule has 0 aliphatic heterocycles. The topological polar surface area (TPSA) is 71.2 Å². The Morgan fingerprint density at radius 2 is 2.12 bits per heavy atom. The van der Waals surface area contributed by atoms with Crippen molar-refractivity contribution in [2.24, 2.45) is 5.92 Å². The van der Waals surface area contributed by atoms with E-state index in [0.29, 0.717) is 29.0 Å². The van der Waals surface area contributed by atoms with E-state index in [9.17, 15) is 5.11 Å². The Balaban J connectivity index is 2.55. The minimum atomic E-state index is -0.387. The minimum Gasteiger partial charge on any atom is -0.396 e. The average Bonchev–Trinajstić information content (AvgIpc) is 2.29. The van der Waals surface area contributed by atoms with Gasteiger partial charge in [0.2, 0.25) is 0 Å². The first-order chi connectivity index (χ1) is 8.08. The van der Waals surface area contributed by atoms with Gasteiger partial charge in [-0.1, -0.05) is 38.3 Å². The first kappa shape index (κ1) is 14.1. The van der Waals surface area contributed by atoms with Gasteiger partial charge in [0, 0.05) is 12.7 Å². The van der Waals surface area contributed by atoms with Crippen molar-refractivity contribution in [3.63, 3.8) is 0 Å². The Morgan fingerprint density at radius 3 is 2.65 bits per heavy atom. The van der Waals surface area contributed by atoms with Gasteiger partial charge < -0.3 is 16.2 Å². The van der Waals surface area contributed by atoms with Crippen LogP contribution in [0.5, 0.6) is 0 Å². The van der Waals surface area contributed by atoms with Crippen molar-refractivity contribution in [1.29, 1.82) is 0 Å². The molecule has 1 atom stereocenters. The van der Waals surface area contributed by atoms with Crippen LogP contribution in [0, 0.1) is 5.92 Å². The fourth-order valence-electron chi connectivity index (χ4n) is 1.80. The molecule has 0 saturated heterocycles. The summed E-state index contributed by atoms with van der Waals surface area (Å²) in [5.41, 5.74) is 6.25. The first-order valence-electron chi connectivity index (χ1n) is 5.91. The number of nitrogen functional groups attached to an aromatic ring is 1. The molecular weight excluding hydrogens is 238 g/mol. The second-order valence-electron chi connectivity index (χ2n) is 4.12. The van der Waals surface area contributed by atoms with E-state index in [-0.39, 0.29) is 6.10 Å². The number of pyridine rings is 1. The van der Waals surface area contributed by atoms with Crippen molar-refractivity contribution < 1.29 is 5.11 Å². The summed E-state index contributed by atoms with van der Waals surface area (Å²) < 4.78 is 0. The minimum absolute atomic E-state index is 0.302. The van der Waals surface area contributed by atoms with E-state index < -0.39 is 0 Å². The van der Waals surface area contributed by atoms with Crippen molar-refractivity contribution in [2.45, 2.75) is 32.8 Å². The van der Waals surface area contributed by atoms with Gasteiger partial charge in [-0.25, -0.2) is 4.98 Å². The number of aromatic nitrogens is 1. The van der Waals surface area contributed by atoms with Crippen LogP contribution in [-0.4, -0.2) is 22.7 Å². The summed E-state index contributed by atoms with van der Waals surface area (Å²) in [6.45, 7) is 4.60. The molecule has 0 aromatic carbocycles. The van der Waals surface area contributed by atoms with E-state index in [4.69, 9.17) is 17.3 Å². The summed E-state index contributed by atoms with van der Waals surface area (Å²) >= 11 is 5.76. The summed E-state index contributed by atoms with van der Waals surface area (Å²) in [5, 5.41) is 13.5. The zero-order valence-corrected chi connectivity index (χ0v) is 11.0. The van der Waals surface area contributed by atoms with E-state index in [0.717, 1.165) is 12.8 Å². The van der Waals surface area contributed by atoms with Crippen molar-refractivity contribution >= 4 is 23.1 Å². The number of rotatable bonds is 6. The number of aliphatic hydroxyl groups excluding tert-OH is 1. The highest BCUT2D eigenvalue weighted by molar-refractivity contribution is 6.30. The van der Waals surface area contributed by atoms with Crippen LogP contribution in [0.2, 0.25) is 5.02 Å². The number of nitrogens with two attached hydrogens (primary N) is 1. The van der Waals surface area contributed by atoms with Gasteiger partial charge in [0.05, 0.1) is 16.8 Å². The normalized spacial score (nSPS) is 12.8. The highest BCUT2D eigenvalue weighted by Gasteiger charge is 2.15. The van der Waals surface area contributed by atoms with Crippen LogP contribution in [0.3, 0.4) is 0 Å². The number of aliphatic hydroxyl groups is 1. The number of halogens is 1. The Bertz CT molecular complexity index is 356. The molecule has 1 aromatic rings. The summed E-state index contributed by atoms with van der Waals surface area (Å²) in [4.78, 5) is 4.08. The predicted octanol–water partition coefficient (Wildman–Crippen LogP) is 2.53. The first-order valence-corrected chi connectivity index (χ1v) is 6.29. The number of hydrogen-bond acceptors (Lipinski definition) is 4. The fraction of sp³-hybridized carbons (Fsp3) is 0.583. The molecule has 1 heterocycles. The zero-order valence-electron chi connectivity index (χ0n) is 10.3. The van der Waals surface area contributed by atoms with Gasteiger partial charge in [-0.2, -0.15) is 0 Å². The molecule has 5 heteroatoms. The molecule has 1 unspecified atom stereocenters. The van der Waals surface area contributed by atoms with E-state index in [1.807, 2.05) is 0 Å². The summed E-state index contributed by atoms with van der Waals surface area (Å²) in [6.07, 6.45) is 3.07. The molecule has 1 aromatic heterocycles. The molecule has 0 radical (unpaired) electrons. The summed E-state index contributed by atoms with van der Waals surface area (Å²) in [6, 6.07) is 1.64. The maximum Gasteiger partial charge on any atom is 0.149 e. The zero-order chi connectivity index (χ0) is 12.8. The predicted molar refractivity (Wildman–Crippen MR) is 72.2 cm³/mol. The summed E-state index contributed by atoms with van der Waals surface area (Å²) in [7, 11) is 0. The van der Waals surface area contributed by atoms with Gasteiger partial charge in [-0.05, 0) is 12.0 Å².